The Morgan fingerprint density at radius 1 is 0.844 bits per heavy atom. The molecule has 4 aromatic rings. The van der Waals surface area contributed by atoms with Crippen LogP contribution in [0.3, 0.4) is 0 Å². The summed E-state index contributed by atoms with van der Waals surface area (Å²) in [6, 6.07) is 18.9. The van der Waals surface area contributed by atoms with E-state index in [1.54, 1.807) is 66.7 Å². The molecule has 0 unspecified atom stereocenters. The van der Waals surface area contributed by atoms with E-state index in [0.717, 1.165) is 4.68 Å². The van der Waals surface area contributed by atoms with Crippen molar-refractivity contribution in [2.75, 3.05) is 26.6 Å². The van der Waals surface area contributed by atoms with Gasteiger partial charge >= 0.3 is 0 Å². The van der Waals surface area contributed by atoms with Gasteiger partial charge in [-0.25, -0.2) is 0 Å². The van der Waals surface area contributed by atoms with Crippen molar-refractivity contribution in [3.8, 4) is 22.9 Å². The Morgan fingerprint density at radius 2 is 1.53 bits per heavy atom. The summed E-state index contributed by atoms with van der Waals surface area (Å²) in [6.07, 6.45) is 0. The minimum atomic E-state index is -0.480. The zero-order valence-electron chi connectivity index (χ0n) is 17.8. The predicted octanol–water partition coefficient (Wildman–Crippen LogP) is 3.66. The van der Waals surface area contributed by atoms with E-state index < -0.39 is 5.91 Å². The maximum Gasteiger partial charge on any atom is 0.279 e. The fraction of sp³-hybridized carbons (Fsp3) is 0.125. The van der Waals surface area contributed by atoms with Crippen LogP contribution in [0.2, 0.25) is 0 Å². The summed E-state index contributed by atoms with van der Waals surface area (Å²) in [5.41, 5.74) is 0.586. The maximum absolute atomic E-state index is 13.3. The maximum atomic E-state index is 13.3. The minimum absolute atomic E-state index is 0.0870. The molecular formula is C24H21N3O5. The highest BCUT2D eigenvalue weighted by atomic mass is 16.5. The number of anilines is 1. The molecule has 1 N–H and O–H groups in total. The van der Waals surface area contributed by atoms with Crippen molar-refractivity contribution in [2.45, 2.75) is 0 Å². The molecule has 0 aliphatic carbocycles. The van der Waals surface area contributed by atoms with Crippen LogP contribution in [0.15, 0.2) is 71.5 Å². The second-order valence-electron chi connectivity index (χ2n) is 6.80. The standard InChI is InChI=1S/C24H21N3O5/c1-30-15-12-13-19(21(14-15)32-3)27-24(29)17-9-5-4-8-16(17)22(26-27)23(28)25-18-10-6-7-11-20(18)31-2/h4-14H,1-3H3,(H,25,28). The van der Waals surface area contributed by atoms with Gasteiger partial charge in [0.1, 0.15) is 22.9 Å². The molecule has 8 heteroatoms. The molecule has 0 saturated carbocycles. The lowest BCUT2D eigenvalue weighted by Gasteiger charge is -2.15. The molecule has 0 spiro atoms. The smallest absolute Gasteiger partial charge is 0.279 e. The van der Waals surface area contributed by atoms with E-state index in [9.17, 15) is 9.59 Å². The van der Waals surface area contributed by atoms with Crippen LogP contribution in [0.25, 0.3) is 16.5 Å². The number of methoxy groups -OCH3 is 3. The zero-order valence-corrected chi connectivity index (χ0v) is 17.8. The molecule has 0 radical (unpaired) electrons. The molecule has 162 valence electrons. The molecule has 0 saturated heterocycles. The molecule has 0 aliphatic heterocycles. The monoisotopic (exact) mass is 431 g/mol. The second kappa shape index (κ2) is 8.81. The number of para-hydroxylation sites is 2. The third-order valence-corrected chi connectivity index (χ3v) is 4.99. The Hall–Kier alpha value is -4.33. The first kappa shape index (κ1) is 20.9. The number of nitrogens with one attached hydrogen (secondary N) is 1. The number of hydrogen-bond donors (Lipinski definition) is 1. The van der Waals surface area contributed by atoms with Crippen LogP contribution in [-0.4, -0.2) is 37.0 Å². The first-order valence-electron chi connectivity index (χ1n) is 9.76. The predicted molar refractivity (Wildman–Crippen MR) is 121 cm³/mol. The van der Waals surface area contributed by atoms with Crippen LogP contribution < -0.4 is 25.1 Å². The van der Waals surface area contributed by atoms with Crippen LogP contribution in [0.4, 0.5) is 5.69 Å². The summed E-state index contributed by atoms with van der Waals surface area (Å²) >= 11 is 0. The van der Waals surface area contributed by atoms with E-state index in [0.29, 0.717) is 39.4 Å². The Morgan fingerprint density at radius 3 is 2.25 bits per heavy atom. The topological polar surface area (TPSA) is 91.7 Å². The minimum Gasteiger partial charge on any atom is -0.497 e. The number of carbonyl (C=O) groups excluding carboxylic acids is 1. The third-order valence-electron chi connectivity index (χ3n) is 4.99. The fourth-order valence-electron chi connectivity index (χ4n) is 3.41. The number of amides is 1. The Kier molecular flexibility index (Phi) is 5.76. The lowest BCUT2D eigenvalue weighted by molar-refractivity contribution is 0.102. The number of carbonyl (C=O) groups is 1. The van der Waals surface area contributed by atoms with Gasteiger partial charge in [-0.3, -0.25) is 9.59 Å². The average molecular weight is 431 g/mol. The molecule has 1 heterocycles. The zero-order chi connectivity index (χ0) is 22.7. The quantitative estimate of drug-likeness (QED) is 0.501. The van der Waals surface area contributed by atoms with Gasteiger partial charge < -0.3 is 19.5 Å². The van der Waals surface area contributed by atoms with E-state index in [4.69, 9.17) is 14.2 Å². The van der Waals surface area contributed by atoms with Gasteiger partial charge in [0.2, 0.25) is 0 Å². The highest BCUT2D eigenvalue weighted by Crippen LogP contribution is 2.28. The van der Waals surface area contributed by atoms with Gasteiger partial charge in [-0.05, 0) is 30.3 Å². The molecule has 3 aromatic carbocycles. The first-order valence-corrected chi connectivity index (χ1v) is 9.76. The fourth-order valence-corrected chi connectivity index (χ4v) is 3.41. The molecule has 8 nitrogen and oxygen atoms in total. The van der Waals surface area contributed by atoms with E-state index in [-0.39, 0.29) is 11.3 Å². The first-order chi connectivity index (χ1) is 15.6. The lowest BCUT2D eigenvalue weighted by Crippen LogP contribution is -2.27. The van der Waals surface area contributed by atoms with Crippen molar-refractivity contribution in [1.29, 1.82) is 0 Å². The van der Waals surface area contributed by atoms with Gasteiger partial charge in [-0.15, -0.1) is 0 Å². The average Bonchev–Trinajstić information content (AvgIpc) is 2.84. The molecular weight excluding hydrogens is 410 g/mol. The van der Waals surface area contributed by atoms with Gasteiger partial charge in [0.25, 0.3) is 11.5 Å². The van der Waals surface area contributed by atoms with Crippen LogP contribution >= 0.6 is 0 Å². The van der Waals surface area contributed by atoms with Crippen LogP contribution in [0.1, 0.15) is 10.5 Å². The van der Waals surface area contributed by atoms with Gasteiger partial charge in [-0.2, -0.15) is 9.78 Å². The van der Waals surface area contributed by atoms with Crippen molar-refractivity contribution in [2.24, 2.45) is 0 Å². The Labute approximate surface area is 184 Å². The molecule has 0 atom stereocenters. The summed E-state index contributed by atoms with van der Waals surface area (Å²) in [4.78, 5) is 26.5. The van der Waals surface area contributed by atoms with Gasteiger partial charge in [-0.1, -0.05) is 30.3 Å². The number of rotatable bonds is 6. The lowest BCUT2D eigenvalue weighted by atomic mass is 10.1. The number of nitrogens with zero attached hydrogens (tertiary/aromatic N) is 2. The van der Waals surface area contributed by atoms with Crippen LogP contribution in [0.5, 0.6) is 17.2 Å². The van der Waals surface area contributed by atoms with Crippen LogP contribution in [-0.2, 0) is 0 Å². The van der Waals surface area contributed by atoms with E-state index in [1.807, 2.05) is 0 Å². The number of aromatic nitrogens is 2. The van der Waals surface area contributed by atoms with Crippen molar-refractivity contribution in [3.05, 3.63) is 82.8 Å². The summed E-state index contributed by atoms with van der Waals surface area (Å²) in [5.74, 6) is 0.973. The van der Waals surface area contributed by atoms with Crippen molar-refractivity contribution in [3.63, 3.8) is 0 Å². The molecule has 4 rings (SSSR count). The number of fused-ring (bicyclic) bond motifs is 1. The molecule has 1 amide bonds. The van der Waals surface area contributed by atoms with Crippen molar-refractivity contribution >= 4 is 22.4 Å². The molecule has 1 aromatic heterocycles. The van der Waals surface area contributed by atoms with E-state index in [2.05, 4.69) is 10.4 Å². The molecule has 0 aliphatic rings. The summed E-state index contributed by atoms with van der Waals surface area (Å²) < 4.78 is 17.2. The normalized spacial score (nSPS) is 10.6. The van der Waals surface area contributed by atoms with E-state index >= 15 is 0 Å². The summed E-state index contributed by atoms with van der Waals surface area (Å²) in [5, 5.41) is 8.03. The highest BCUT2D eigenvalue weighted by Gasteiger charge is 2.20. The molecule has 0 fully saturated rings. The Bertz CT molecular complexity index is 1360. The number of benzene rings is 3. The van der Waals surface area contributed by atoms with Gasteiger partial charge in [0, 0.05) is 11.5 Å². The van der Waals surface area contributed by atoms with Crippen molar-refractivity contribution in [1.82, 2.24) is 9.78 Å². The number of ether oxygens (including phenoxy) is 3. The number of hydrogen-bond acceptors (Lipinski definition) is 6. The summed E-state index contributed by atoms with van der Waals surface area (Å²) in [7, 11) is 4.55. The third kappa shape index (κ3) is 3.74. The van der Waals surface area contributed by atoms with E-state index in [1.165, 1.54) is 21.3 Å². The Balaban J connectivity index is 1.90. The second-order valence-corrected chi connectivity index (χ2v) is 6.80. The SMILES string of the molecule is COc1ccc(-n2nc(C(=O)Nc3ccccc3OC)c3ccccc3c2=O)c(OC)c1. The summed E-state index contributed by atoms with van der Waals surface area (Å²) in [6.45, 7) is 0. The van der Waals surface area contributed by atoms with Crippen molar-refractivity contribution < 1.29 is 19.0 Å². The van der Waals surface area contributed by atoms with Gasteiger partial charge in [0.05, 0.1) is 32.4 Å². The van der Waals surface area contributed by atoms with Gasteiger partial charge in [0.15, 0.2) is 5.69 Å². The molecule has 0 bridgehead atoms. The largest absolute Gasteiger partial charge is 0.497 e. The highest BCUT2D eigenvalue weighted by molar-refractivity contribution is 6.11. The molecule has 32 heavy (non-hydrogen) atoms. The van der Waals surface area contributed by atoms with Crippen LogP contribution in [0, 0.1) is 0 Å².